The zero-order valence-electron chi connectivity index (χ0n) is 11.5. The molecule has 1 aromatic carbocycles. The van der Waals surface area contributed by atoms with Crippen molar-refractivity contribution in [2.45, 2.75) is 45.4 Å². The number of ether oxygens (including phenoxy) is 1. The normalized spacial score (nSPS) is 17.8. The number of rotatable bonds is 4. The summed E-state index contributed by atoms with van der Waals surface area (Å²) in [7, 11) is 1.69. The second-order valence-electron chi connectivity index (χ2n) is 4.99. The van der Waals surface area contributed by atoms with E-state index < -0.39 is 0 Å². The van der Waals surface area contributed by atoms with Gasteiger partial charge in [0.1, 0.15) is 5.75 Å². The average Bonchev–Trinajstić information content (AvgIpc) is 2.46. The summed E-state index contributed by atoms with van der Waals surface area (Å²) < 4.78 is 5.17. The summed E-state index contributed by atoms with van der Waals surface area (Å²) in [5.74, 6) is 1.61. The molecule has 0 heterocycles. The van der Waals surface area contributed by atoms with E-state index in [1.165, 1.54) is 37.8 Å². The van der Waals surface area contributed by atoms with Crippen LogP contribution in [0.15, 0.2) is 29.3 Å². The van der Waals surface area contributed by atoms with Crippen LogP contribution in [0, 0.1) is 5.92 Å². The summed E-state index contributed by atoms with van der Waals surface area (Å²) >= 11 is 0. The van der Waals surface area contributed by atoms with E-state index >= 15 is 0 Å². The third-order valence-electron chi connectivity index (χ3n) is 3.78. The van der Waals surface area contributed by atoms with Crippen LogP contribution in [-0.2, 0) is 0 Å². The second-order valence-corrected chi connectivity index (χ2v) is 4.99. The molecule has 18 heavy (non-hydrogen) atoms. The van der Waals surface area contributed by atoms with Gasteiger partial charge >= 0.3 is 0 Å². The summed E-state index contributed by atoms with van der Waals surface area (Å²) in [6, 6.07) is 8.04. The van der Waals surface area contributed by atoms with Crippen molar-refractivity contribution < 1.29 is 4.74 Å². The minimum atomic E-state index is 0.714. The van der Waals surface area contributed by atoms with Gasteiger partial charge < -0.3 is 4.74 Å². The summed E-state index contributed by atoms with van der Waals surface area (Å²) in [5.41, 5.74) is 2.43. The van der Waals surface area contributed by atoms with Gasteiger partial charge in [0.05, 0.1) is 12.8 Å². The van der Waals surface area contributed by atoms with Crippen LogP contribution in [0.3, 0.4) is 0 Å². The van der Waals surface area contributed by atoms with Gasteiger partial charge in [0.25, 0.3) is 0 Å². The maximum Gasteiger partial charge on any atom is 0.119 e. The van der Waals surface area contributed by atoms with Crippen LogP contribution in [0.5, 0.6) is 5.75 Å². The van der Waals surface area contributed by atoms with Crippen molar-refractivity contribution in [1.29, 1.82) is 0 Å². The Morgan fingerprint density at radius 2 is 1.83 bits per heavy atom. The molecule has 0 bridgehead atoms. The summed E-state index contributed by atoms with van der Waals surface area (Å²) in [4.78, 5) is 4.84. The number of nitrogens with zero attached hydrogens (tertiary/aromatic N) is 1. The first-order valence-corrected chi connectivity index (χ1v) is 7.05. The molecule has 1 fully saturated rings. The lowest BCUT2D eigenvalue weighted by atomic mass is 9.85. The van der Waals surface area contributed by atoms with Crippen molar-refractivity contribution in [3.8, 4) is 5.75 Å². The third kappa shape index (κ3) is 3.34. The smallest absolute Gasteiger partial charge is 0.119 e. The molecule has 1 aliphatic rings. The van der Waals surface area contributed by atoms with E-state index in [0.717, 1.165) is 17.9 Å². The van der Waals surface area contributed by atoms with Gasteiger partial charge in [-0.2, -0.15) is 0 Å². The Labute approximate surface area is 110 Å². The monoisotopic (exact) mass is 245 g/mol. The van der Waals surface area contributed by atoms with Gasteiger partial charge in [0, 0.05) is 5.71 Å². The second kappa shape index (κ2) is 6.58. The highest BCUT2D eigenvalue weighted by Crippen LogP contribution is 2.28. The molecule has 2 nitrogen and oxygen atoms in total. The van der Waals surface area contributed by atoms with Crippen LogP contribution in [-0.4, -0.2) is 12.8 Å². The Balaban J connectivity index is 2.11. The Bertz CT molecular complexity index is 388. The van der Waals surface area contributed by atoms with Gasteiger partial charge in [-0.3, -0.25) is 4.99 Å². The standard InChI is InChI=1S/C16H23NO/c1-3-16(13-7-5-4-6-8-13)17-14-9-11-15(18-2)12-10-14/h9-13H,3-8H2,1-2H3. The maximum atomic E-state index is 5.17. The number of hydrogen-bond donors (Lipinski definition) is 0. The van der Waals surface area contributed by atoms with E-state index in [4.69, 9.17) is 9.73 Å². The van der Waals surface area contributed by atoms with Crippen LogP contribution in [0.25, 0.3) is 0 Å². The molecule has 0 saturated heterocycles. The van der Waals surface area contributed by atoms with Crippen molar-refractivity contribution >= 4 is 11.4 Å². The average molecular weight is 245 g/mol. The van der Waals surface area contributed by atoms with Gasteiger partial charge in [-0.25, -0.2) is 0 Å². The molecule has 2 rings (SSSR count). The molecule has 98 valence electrons. The zero-order chi connectivity index (χ0) is 12.8. The molecular weight excluding hydrogens is 222 g/mol. The molecule has 1 aliphatic carbocycles. The van der Waals surface area contributed by atoms with Crippen molar-refractivity contribution in [2.24, 2.45) is 10.9 Å². The lowest BCUT2D eigenvalue weighted by Gasteiger charge is -2.22. The largest absolute Gasteiger partial charge is 0.497 e. The van der Waals surface area contributed by atoms with Crippen LogP contribution < -0.4 is 4.74 Å². The molecular formula is C16H23NO. The van der Waals surface area contributed by atoms with Gasteiger partial charge in [0.15, 0.2) is 0 Å². The number of methoxy groups -OCH3 is 1. The molecule has 2 heteroatoms. The highest BCUT2D eigenvalue weighted by atomic mass is 16.5. The first-order valence-electron chi connectivity index (χ1n) is 7.05. The van der Waals surface area contributed by atoms with E-state index in [-0.39, 0.29) is 0 Å². The summed E-state index contributed by atoms with van der Waals surface area (Å²) in [5, 5.41) is 0. The first kappa shape index (κ1) is 13.1. The molecule has 0 aromatic heterocycles. The van der Waals surface area contributed by atoms with Crippen LogP contribution in [0.4, 0.5) is 5.69 Å². The lowest BCUT2D eigenvalue weighted by Crippen LogP contribution is -2.16. The fourth-order valence-corrected chi connectivity index (χ4v) is 2.72. The number of benzene rings is 1. The van der Waals surface area contributed by atoms with E-state index in [2.05, 4.69) is 6.92 Å². The fourth-order valence-electron chi connectivity index (χ4n) is 2.72. The predicted octanol–water partition coefficient (Wildman–Crippen LogP) is 4.76. The molecule has 0 spiro atoms. The van der Waals surface area contributed by atoms with Gasteiger partial charge in [0.2, 0.25) is 0 Å². The van der Waals surface area contributed by atoms with E-state index in [0.29, 0.717) is 5.92 Å². The van der Waals surface area contributed by atoms with Crippen molar-refractivity contribution in [3.63, 3.8) is 0 Å². The zero-order valence-corrected chi connectivity index (χ0v) is 11.5. The predicted molar refractivity (Wildman–Crippen MR) is 77.0 cm³/mol. The molecule has 0 N–H and O–H groups in total. The van der Waals surface area contributed by atoms with Crippen LogP contribution in [0.1, 0.15) is 45.4 Å². The Morgan fingerprint density at radius 3 is 2.39 bits per heavy atom. The minimum absolute atomic E-state index is 0.714. The van der Waals surface area contributed by atoms with Crippen LogP contribution in [0.2, 0.25) is 0 Å². The van der Waals surface area contributed by atoms with E-state index in [9.17, 15) is 0 Å². The lowest BCUT2D eigenvalue weighted by molar-refractivity contribution is 0.415. The molecule has 0 aliphatic heterocycles. The van der Waals surface area contributed by atoms with Crippen molar-refractivity contribution in [3.05, 3.63) is 24.3 Å². The number of hydrogen-bond acceptors (Lipinski definition) is 2. The molecule has 1 saturated carbocycles. The molecule has 0 unspecified atom stereocenters. The first-order chi connectivity index (χ1) is 8.83. The molecule has 0 radical (unpaired) electrons. The maximum absolute atomic E-state index is 5.17. The highest BCUT2D eigenvalue weighted by molar-refractivity contribution is 5.88. The number of aliphatic imine (C=N–C) groups is 1. The van der Waals surface area contributed by atoms with Gasteiger partial charge in [-0.15, -0.1) is 0 Å². The molecule has 0 amide bonds. The topological polar surface area (TPSA) is 21.6 Å². The Hall–Kier alpha value is -1.31. The van der Waals surface area contributed by atoms with E-state index in [1.54, 1.807) is 7.11 Å². The van der Waals surface area contributed by atoms with E-state index in [1.807, 2.05) is 24.3 Å². The highest BCUT2D eigenvalue weighted by Gasteiger charge is 2.17. The summed E-state index contributed by atoms with van der Waals surface area (Å²) in [6.45, 7) is 2.22. The van der Waals surface area contributed by atoms with Gasteiger partial charge in [-0.05, 0) is 49.4 Å². The summed E-state index contributed by atoms with van der Waals surface area (Å²) in [6.07, 6.45) is 7.84. The molecule has 1 aromatic rings. The quantitative estimate of drug-likeness (QED) is 0.701. The Kier molecular flexibility index (Phi) is 4.80. The SMILES string of the molecule is CCC(=Nc1ccc(OC)cc1)C1CCCCC1. The van der Waals surface area contributed by atoms with Crippen LogP contribution >= 0.6 is 0 Å². The Morgan fingerprint density at radius 1 is 1.17 bits per heavy atom. The minimum Gasteiger partial charge on any atom is -0.497 e. The third-order valence-corrected chi connectivity index (χ3v) is 3.78. The molecule has 0 atom stereocenters. The van der Waals surface area contributed by atoms with Crippen molar-refractivity contribution in [2.75, 3.05) is 7.11 Å². The van der Waals surface area contributed by atoms with Crippen molar-refractivity contribution in [1.82, 2.24) is 0 Å². The fraction of sp³-hybridized carbons (Fsp3) is 0.562. The van der Waals surface area contributed by atoms with Gasteiger partial charge in [-0.1, -0.05) is 26.2 Å².